The lowest BCUT2D eigenvalue weighted by Crippen LogP contribution is -2.48. The molecule has 0 spiro atoms. The summed E-state index contributed by atoms with van der Waals surface area (Å²) in [5.74, 6) is -1.72. The number of nitrogens with zero attached hydrogens (tertiary/aromatic N) is 1. The van der Waals surface area contributed by atoms with Gasteiger partial charge >= 0.3 is 18.0 Å². The highest BCUT2D eigenvalue weighted by Gasteiger charge is 2.30. The Labute approximate surface area is 176 Å². The third kappa shape index (κ3) is 6.75. The van der Waals surface area contributed by atoms with Crippen molar-refractivity contribution in [1.29, 1.82) is 0 Å². The molecular formula is C21H29N3O6. The molecule has 0 bridgehead atoms. The van der Waals surface area contributed by atoms with Gasteiger partial charge in [0.25, 0.3) is 5.91 Å². The van der Waals surface area contributed by atoms with Gasteiger partial charge in [0.2, 0.25) is 0 Å². The quantitative estimate of drug-likeness (QED) is 0.652. The molecule has 2 N–H and O–H groups in total. The zero-order valence-electron chi connectivity index (χ0n) is 17.6. The number of esters is 2. The number of ether oxygens (including phenoxy) is 2. The first kappa shape index (κ1) is 23.2. The lowest BCUT2D eigenvalue weighted by atomic mass is 9.97. The topological polar surface area (TPSA) is 114 Å². The Morgan fingerprint density at radius 3 is 2.30 bits per heavy atom. The Hall–Kier alpha value is -3.10. The maximum Gasteiger partial charge on any atom is 0.329 e. The SMILES string of the molecule is COC(=O)C1CCN(C(=O)COC(=O)[C@@H](NC(=O)Nc2ccccc2)C(C)C)CC1. The third-order valence-corrected chi connectivity index (χ3v) is 4.96. The summed E-state index contributed by atoms with van der Waals surface area (Å²) in [5.41, 5.74) is 0.594. The number of nitrogens with one attached hydrogen (secondary N) is 2. The van der Waals surface area contributed by atoms with Crippen molar-refractivity contribution in [1.82, 2.24) is 10.2 Å². The van der Waals surface area contributed by atoms with Gasteiger partial charge in [-0.3, -0.25) is 9.59 Å². The average Bonchev–Trinajstić information content (AvgIpc) is 2.75. The van der Waals surface area contributed by atoms with Crippen molar-refractivity contribution in [3.63, 3.8) is 0 Å². The monoisotopic (exact) mass is 419 g/mol. The fourth-order valence-electron chi connectivity index (χ4n) is 3.17. The van der Waals surface area contributed by atoms with Gasteiger partial charge < -0.3 is 25.0 Å². The highest BCUT2D eigenvalue weighted by Crippen LogP contribution is 2.18. The first-order chi connectivity index (χ1) is 14.3. The molecule has 0 saturated carbocycles. The van der Waals surface area contributed by atoms with Crippen LogP contribution in [0.25, 0.3) is 0 Å². The van der Waals surface area contributed by atoms with Gasteiger partial charge in [0.1, 0.15) is 6.04 Å². The van der Waals surface area contributed by atoms with Crippen LogP contribution in [0.15, 0.2) is 30.3 Å². The van der Waals surface area contributed by atoms with E-state index in [1.165, 1.54) is 7.11 Å². The number of urea groups is 1. The molecular weight excluding hydrogens is 390 g/mol. The molecule has 164 valence electrons. The fraction of sp³-hybridized carbons (Fsp3) is 0.524. The second kappa shape index (κ2) is 11.2. The molecule has 2 rings (SSSR count). The molecule has 0 aliphatic carbocycles. The third-order valence-electron chi connectivity index (χ3n) is 4.96. The Bertz CT molecular complexity index is 744. The number of likely N-dealkylation sites (tertiary alicyclic amines) is 1. The summed E-state index contributed by atoms with van der Waals surface area (Å²) in [4.78, 5) is 50.1. The van der Waals surface area contributed by atoms with E-state index < -0.39 is 24.6 Å². The number of methoxy groups -OCH3 is 1. The number of hydrogen-bond acceptors (Lipinski definition) is 6. The maximum absolute atomic E-state index is 12.4. The summed E-state index contributed by atoms with van der Waals surface area (Å²) in [6, 6.07) is 7.41. The van der Waals surface area contributed by atoms with Crippen LogP contribution in [0.1, 0.15) is 26.7 Å². The van der Waals surface area contributed by atoms with E-state index in [2.05, 4.69) is 10.6 Å². The van der Waals surface area contributed by atoms with E-state index in [-0.39, 0.29) is 23.7 Å². The van der Waals surface area contributed by atoms with Gasteiger partial charge in [0.05, 0.1) is 13.0 Å². The zero-order chi connectivity index (χ0) is 22.1. The molecule has 1 aliphatic heterocycles. The maximum atomic E-state index is 12.4. The zero-order valence-corrected chi connectivity index (χ0v) is 17.6. The Kier molecular flexibility index (Phi) is 8.64. The number of carbonyl (C=O) groups is 4. The van der Waals surface area contributed by atoms with Crippen LogP contribution in [-0.2, 0) is 23.9 Å². The van der Waals surface area contributed by atoms with Crippen LogP contribution >= 0.6 is 0 Å². The van der Waals surface area contributed by atoms with E-state index in [1.807, 2.05) is 6.07 Å². The van der Waals surface area contributed by atoms with Gasteiger partial charge in [0, 0.05) is 18.8 Å². The van der Waals surface area contributed by atoms with Gasteiger partial charge in [-0.05, 0) is 30.9 Å². The molecule has 3 amide bonds. The van der Waals surface area contributed by atoms with Crippen molar-refractivity contribution in [2.45, 2.75) is 32.7 Å². The van der Waals surface area contributed by atoms with Crippen LogP contribution in [-0.4, -0.2) is 61.6 Å². The molecule has 1 aromatic carbocycles. The summed E-state index contributed by atoms with van der Waals surface area (Å²) < 4.78 is 9.89. The minimum atomic E-state index is -0.897. The predicted molar refractivity (Wildman–Crippen MR) is 110 cm³/mol. The second-order valence-corrected chi connectivity index (χ2v) is 7.47. The van der Waals surface area contributed by atoms with Gasteiger partial charge in [0.15, 0.2) is 6.61 Å². The first-order valence-electron chi connectivity index (χ1n) is 9.96. The van der Waals surface area contributed by atoms with Crippen LogP contribution in [0, 0.1) is 11.8 Å². The van der Waals surface area contributed by atoms with E-state index in [4.69, 9.17) is 9.47 Å². The van der Waals surface area contributed by atoms with Gasteiger partial charge in [-0.1, -0.05) is 32.0 Å². The molecule has 1 aromatic rings. The minimum absolute atomic E-state index is 0.209. The molecule has 30 heavy (non-hydrogen) atoms. The second-order valence-electron chi connectivity index (χ2n) is 7.47. The molecule has 1 saturated heterocycles. The molecule has 0 radical (unpaired) electrons. The molecule has 0 aromatic heterocycles. The van der Waals surface area contributed by atoms with Crippen LogP contribution in [0.3, 0.4) is 0 Å². The predicted octanol–water partition coefficient (Wildman–Crippen LogP) is 1.79. The van der Waals surface area contributed by atoms with Crippen molar-refractivity contribution in [3.05, 3.63) is 30.3 Å². The number of piperidine rings is 1. The molecule has 0 unspecified atom stereocenters. The molecule has 1 heterocycles. The van der Waals surface area contributed by atoms with E-state index in [1.54, 1.807) is 43.0 Å². The number of anilines is 1. The Morgan fingerprint density at radius 2 is 1.73 bits per heavy atom. The summed E-state index contributed by atoms with van der Waals surface area (Å²) in [5, 5.41) is 5.24. The van der Waals surface area contributed by atoms with Crippen LogP contribution < -0.4 is 10.6 Å². The lowest BCUT2D eigenvalue weighted by molar-refractivity contribution is -0.155. The molecule has 9 nitrogen and oxygen atoms in total. The Balaban J connectivity index is 1.81. The minimum Gasteiger partial charge on any atom is -0.469 e. The summed E-state index contributed by atoms with van der Waals surface area (Å²) in [6.07, 6.45) is 1.03. The molecule has 9 heteroatoms. The van der Waals surface area contributed by atoms with E-state index in [9.17, 15) is 19.2 Å². The van der Waals surface area contributed by atoms with Gasteiger partial charge in [-0.15, -0.1) is 0 Å². The van der Waals surface area contributed by atoms with E-state index in [0.29, 0.717) is 31.6 Å². The van der Waals surface area contributed by atoms with Crippen molar-refractivity contribution < 1.29 is 28.7 Å². The highest BCUT2D eigenvalue weighted by molar-refractivity contribution is 5.93. The van der Waals surface area contributed by atoms with Crippen molar-refractivity contribution >= 4 is 29.6 Å². The fourth-order valence-corrected chi connectivity index (χ4v) is 3.17. The number of carbonyl (C=O) groups excluding carboxylic acids is 4. The average molecular weight is 419 g/mol. The normalized spacial score (nSPS) is 15.3. The van der Waals surface area contributed by atoms with Crippen molar-refractivity contribution in [3.8, 4) is 0 Å². The number of benzene rings is 1. The standard InChI is InChI=1S/C21H29N3O6/c1-14(2)18(23-21(28)22-16-7-5-4-6-8-16)20(27)30-13-17(25)24-11-9-15(10-12-24)19(26)29-3/h4-8,14-15,18H,9-13H2,1-3H3,(H2,22,23,28)/t18-/m0/s1. The van der Waals surface area contributed by atoms with E-state index >= 15 is 0 Å². The first-order valence-corrected chi connectivity index (χ1v) is 9.96. The number of para-hydroxylation sites is 1. The molecule has 1 atom stereocenters. The number of hydrogen-bond donors (Lipinski definition) is 2. The van der Waals surface area contributed by atoms with Gasteiger partial charge in [-0.2, -0.15) is 0 Å². The molecule has 1 fully saturated rings. The molecule has 1 aliphatic rings. The van der Waals surface area contributed by atoms with Crippen molar-refractivity contribution in [2.75, 3.05) is 32.1 Å². The van der Waals surface area contributed by atoms with Crippen LogP contribution in [0.4, 0.5) is 10.5 Å². The van der Waals surface area contributed by atoms with Crippen molar-refractivity contribution in [2.24, 2.45) is 11.8 Å². The van der Waals surface area contributed by atoms with Crippen LogP contribution in [0.2, 0.25) is 0 Å². The summed E-state index contributed by atoms with van der Waals surface area (Å²) in [6.45, 7) is 3.94. The largest absolute Gasteiger partial charge is 0.469 e. The smallest absolute Gasteiger partial charge is 0.329 e. The lowest BCUT2D eigenvalue weighted by Gasteiger charge is -2.30. The van der Waals surface area contributed by atoms with E-state index in [0.717, 1.165) is 0 Å². The van der Waals surface area contributed by atoms with Gasteiger partial charge in [-0.25, -0.2) is 9.59 Å². The summed E-state index contributed by atoms with van der Waals surface area (Å²) in [7, 11) is 1.35. The Morgan fingerprint density at radius 1 is 1.10 bits per heavy atom. The summed E-state index contributed by atoms with van der Waals surface area (Å²) >= 11 is 0. The number of rotatable bonds is 7. The van der Waals surface area contributed by atoms with Crippen LogP contribution in [0.5, 0.6) is 0 Å². The highest BCUT2D eigenvalue weighted by atomic mass is 16.5. The number of amides is 3.